The molecule has 0 atom stereocenters. The molecule has 140 valence electrons. The summed E-state index contributed by atoms with van der Waals surface area (Å²) in [4.78, 5) is 9.93. The van der Waals surface area contributed by atoms with E-state index in [1.807, 2.05) is 30.3 Å². The Hall–Kier alpha value is -2.56. The Kier molecular flexibility index (Phi) is 4.90. The maximum atomic E-state index is 5.08. The van der Waals surface area contributed by atoms with Crippen molar-refractivity contribution >= 4 is 53.5 Å². The Balaban J connectivity index is 1.92. The molecular weight excluding hydrogens is 488 g/mol. The van der Waals surface area contributed by atoms with Gasteiger partial charge in [-0.1, -0.05) is 117 Å². The van der Waals surface area contributed by atoms with Crippen LogP contribution in [0.3, 0.4) is 0 Å². The molecule has 0 aliphatic heterocycles. The van der Waals surface area contributed by atoms with Crippen LogP contribution >= 0.6 is 31.9 Å². The monoisotopic (exact) mass is 502 g/mol. The van der Waals surface area contributed by atoms with Crippen molar-refractivity contribution in [1.29, 1.82) is 0 Å². The van der Waals surface area contributed by atoms with E-state index >= 15 is 0 Å². The Morgan fingerprint density at radius 1 is 0.621 bits per heavy atom. The molecule has 2 nitrogen and oxygen atoms in total. The van der Waals surface area contributed by atoms with E-state index in [1.54, 1.807) is 0 Å². The summed E-state index contributed by atoms with van der Waals surface area (Å²) >= 11 is 7.43. The smallest absolute Gasteiger partial charge is 0.160 e. The second-order valence-electron chi connectivity index (χ2n) is 6.83. The van der Waals surface area contributed by atoms with E-state index in [0.29, 0.717) is 0 Å². The predicted molar refractivity (Wildman–Crippen MR) is 129 cm³/mol. The van der Waals surface area contributed by atoms with Gasteiger partial charge in [0.15, 0.2) is 5.82 Å². The van der Waals surface area contributed by atoms with Crippen molar-refractivity contribution in [3.8, 4) is 22.6 Å². The number of rotatable bonds is 3. The lowest BCUT2D eigenvalue weighted by Gasteiger charge is -2.16. The minimum Gasteiger partial charge on any atom is -0.228 e. The van der Waals surface area contributed by atoms with Crippen LogP contribution in [-0.2, 0) is 0 Å². The van der Waals surface area contributed by atoms with Crippen molar-refractivity contribution in [2.75, 3.05) is 0 Å². The van der Waals surface area contributed by atoms with Gasteiger partial charge >= 0.3 is 0 Å². The molecule has 0 saturated heterocycles. The third-order valence-electron chi connectivity index (χ3n) is 5.07. The average Bonchev–Trinajstić information content (AvgIpc) is 2.78. The highest BCUT2D eigenvalue weighted by atomic mass is 79.9. The standard InChI is InChI=1S/C25H16Br2N2/c26-24(27)20-15-14-16-8-4-5-11-18(16)22(20)23-19-12-6-7-13-21(19)28-25(29-23)17-9-2-1-3-10-17/h1-15,24H. The summed E-state index contributed by atoms with van der Waals surface area (Å²) in [5.41, 5.74) is 5.17. The molecule has 0 fully saturated rings. The summed E-state index contributed by atoms with van der Waals surface area (Å²) in [6.07, 6.45) is 0. The van der Waals surface area contributed by atoms with Gasteiger partial charge in [0.05, 0.1) is 14.9 Å². The Labute approximate surface area is 185 Å². The molecule has 1 heterocycles. The molecule has 0 saturated carbocycles. The molecule has 0 spiro atoms. The predicted octanol–water partition coefficient (Wildman–Crippen LogP) is 7.91. The number of alkyl halides is 2. The zero-order valence-electron chi connectivity index (χ0n) is 15.4. The zero-order chi connectivity index (χ0) is 19.8. The maximum Gasteiger partial charge on any atom is 0.160 e. The van der Waals surface area contributed by atoms with E-state index in [9.17, 15) is 0 Å². The number of halogens is 2. The summed E-state index contributed by atoms with van der Waals surface area (Å²) in [5, 5.41) is 3.41. The molecule has 0 bridgehead atoms. The normalized spacial score (nSPS) is 11.4. The van der Waals surface area contributed by atoms with Crippen molar-refractivity contribution < 1.29 is 0 Å². The Morgan fingerprint density at radius 3 is 2.10 bits per heavy atom. The van der Waals surface area contributed by atoms with E-state index in [-0.39, 0.29) is 3.74 Å². The fourth-order valence-corrected chi connectivity index (χ4v) is 4.48. The van der Waals surface area contributed by atoms with Gasteiger partial charge in [0.2, 0.25) is 0 Å². The lowest BCUT2D eigenvalue weighted by molar-refractivity contribution is 1.22. The molecule has 0 unspecified atom stereocenters. The quantitative estimate of drug-likeness (QED) is 0.234. The molecular formula is C25H16Br2N2. The molecule has 5 aromatic rings. The van der Waals surface area contributed by atoms with Crippen molar-refractivity contribution in [3.05, 3.63) is 96.6 Å². The second kappa shape index (κ2) is 7.69. The average molecular weight is 504 g/mol. The topological polar surface area (TPSA) is 25.8 Å². The molecule has 1 aromatic heterocycles. The summed E-state index contributed by atoms with van der Waals surface area (Å²) < 4.78 is 0.0171. The van der Waals surface area contributed by atoms with Crippen molar-refractivity contribution in [2.24, 2.45) is 0 Å². The van der Waals surface area contributed by atoms with Crippen LogP contribution in [0.25, 0.3) is 44.3 Å². The van der Waals surface area contributed by atoms with Crippen LogP contribution in [0.4, 0.5) is 0 Å². The first kappa shape index (κ1) is 18.5. The van der Waals surface area contributed by atoms with Gasteiger partial charge in [-0.05, 0) is 22.4 Å². The zero-order valence-corrected chi connectivity index (χ0v) is 18.6. The molecule has 0 amide bonds. The van der Waals surface area contributed by atoms with E-state index in [4.69, 9.17) is 9.97 Å². The first-order valence-electron chi connectivity index (χ1n) is 9.35. The van der Waals surface area contributed by atoms with Gasteiger partial charge in [-0.2, -0.15) is 0 Å². The second-order valence-corrected chi connectivity index (χ2v) is 9.89. The van der Waals surface area contributed by atoms with Gasteiger partial charge < -0.3 is 0 Å². The highest BCUT2D eigenvalue weighted by molar-refractivity contribution is 9.24. The van der Waals surface area contributed by atoms with E-state index in [1.165, 1.54) is 10.8 Å². The number of hydrogen-bond acceptors (Lipinski definition) is 2. The third kappa shape index (κ3) is 3.37. The number of nitrogens with zero attached hydrogens (tertiary/aromatic N) is 2. The SMILES string of the molecule is BrC(Br)c1ccc2ccccc2c1-c1nc(-c2ccccc2)nc2ccccc12. The summed E-state index contributed by atoms with van der Waals surface area (Å²) in [5.74, 6) is 0.735. The first-order valence-corrected chi connectivity index (χ1v) is 11.2. The van der Waals surface area contributed by atoms with E-state index < -0.39 is 0 Å². The number of hydrogen-bond donors (Lipinski definition) is 0. The highest BCUT2D eigenvalue weighted by Gasteiger charge is 2.19. The van der Waals surface area contributed by atoms with Crippen LogP contribution in [0.5, 0.6) is 0 Å². The fraction of sp³-hybridized carbons (Fsp3) is 0.0400. The molecule has 29 heavy (non-hydrogen) atoms. The van der Waals surface area contributed by atoms with Crippen LogP contribution in [0.2, 0.25) is 0 Å². The summed E-state index contributed by atoms with van der Waals surface area (Å²) in [6, 6.07) is 31.1. The van der Waals surface area contributed by atoms with Crippen LogP contribution < -0.4 is 0 Å². The summed E-state index contributed by atoms with van der Waals surface area (Å²) in [6.45, 7) is 0. The van der Waals surface area contributed by atoms with Gasteiger partial charge in [-0.25, -0.2) is 9.97 Å². The molecule has 0 radical (unpaired) electrons. The molecule has 0 aliphatic rings. The fourth-order valence-electron chi connectivity index (χ4n) is 3.72. The largest absolute Gasteiger partial charge is 0.228 e. The van der Waals surface area contributed by atoms with E-state index in [2.05, 4.69) is 92.5 Å². The van der Waals surface area contributed by atoms with Gasteiger partial charge in [-0.3, -0.25) is 0 Å². The molecule has 0 N–H and O–H groups in total. The number of benzene rings is 4. The van der Waals surface area contributed by atoms with Crippen LogP contribution in [0, 0.1) is 0 Å². The first-order chi connectivity index (χ1) is 14.2. The molecule has 4 aromatic carbocycles. The van der Waals surface area contributed by atoms with Crippen LogP contribution in [0.15, 0.2) is 91.0 Å². The minimum atomic E-state index is 0.0171. The van der Waals surface area contributed by atoms with Gasteiger partial charge in [0.25, 0.3) is 0 Å². The van der Waals surface area contributed by atoms with E-state index in [0.717, 1.165) is 39.1 Å². The third-order valence-corrected chi connectivity index (χ3v) is 6.05. The van der Waals surface area contributed by atoms with Crippen molar-refractivity contribution in [1.82, 2.24) is 9.97 Å². The van der Waals surface area contributed by atoms with Crippen LogP contribution in [0.1, 0.15) is 9.30 Å². The number of fused-ring (bicyclic) bond motifs is 2. The number of para-hydroxylation sites is 1. The summed E-state index contributed by atoms with van der Waals surface area (Å²) in [7, 11) is 0. The van der Waals surface area contributed by atoms with Gasteiger partial charge in [-0.15, -0.1) is 0 Å². The highest BCUT2D eigenvalue weighted by Crippen LogP contribution is 2.42. The Bertz CT molecular complexity index is 1330. The molecule has 0 aliphatic carbocycles. The number of aromatic nitrogens is 2. The minimum absolute atomic E-state index is 0.0171. The lowest BCUT2D eigenvalue weighted by Crippen LogP contribution is -1.98. The lowest BCUT2D eigenvalue weighted by atomic mass is 9.95. The van der Waals surface area contributed by atoms with Crippen molar-refractivity contribution in [2.45, 2.75) is 3.74 Å². The Morgan fingerprint density at radius 2 is 1.31 bits per heavy atom. The van der Waals surface area contributed by atoms with Gasteiger partial charge in [0, 0.05) is 16.5 Å². The molecule has 4 heteroatoms. The molecule has 5 rings (SSSR count). The van der Waals surface area contributed by atoms with Crippen LogP contribution in [-0.4, -0.2) is 9.97 Å². The van der Waals surface area contributed by atoms with Gasteiger partial charge in [0.1, 0.15) is 0 Å². The van der Waals surface area contributed by atoms with Crippen molar-refractivity contribution in [3.63, 3.8) is 0 Å². The maximum absolute atomic E-state index is 5.08.